The van der Waals surface area contributed by atoms with Crippen molar-refractivity contribution in [2.24, 2.45) is 4.36 Å². The van der Waals surface area contributed by atoms with Crippen LogP contribution in [-0.2, 0) is 14.5 Å². The summed E-state index contributed by atoms with van der Waals surface area (Å²) in [4.78, 5) is 25.2. The standard InChI is InChI=1S/C24H24ClN5O3S/c1-4-20(31)29-8-9-30-17(12-29)13-33-23-21-19(26-14-27-24(21)30)11-18(22(23)25)15-6-5-7-16(10-15)28-34(2,3)32/h4-7,10-11,14,17H,1,8-9,12-13H2,2-3H3/t17-/m0/s1. The van der Waals surface area contributed by atoms with Crippen molar-refractivity contribution in [2.75, 3.05) is 43.7 Å². The van der Waals surface area contributed by atoms with Crippen molar-refractivity contribution in [3.8, 4) is 16.9 Å². The number of rotatable bonds is 3. The Balaban J connectivity index is 1.62. The van der Waals surface area contributed by atoms with Gasteiger partial charge in [-0.3, -0.25) is 4.79 Å². The molecule has 2 aromatic carbocycles. The molecule has 0 saturated carbocycles. The zero-order valence-electron chi connectivity index (χ0n) is 18.9. The molecule has 34 heavy (non-hydrogen) atoms. The molecule has 2 aliphatic rings. The fourth-order valence-electron chi connectivity index (χ4n) is 4.48. The Bertz CT molecular complexity index is 1440. The average Bonchev–Trinajstić information content (AvgIpc) is 2.97. The minimum atomic E-state index is -2.30. The van der Waals surface area contributed by atoms with Crippen molar-refractivity contribution < 1.29 is 13.7 Å². The maximum absolute atomic E-state index is 12.2. The Morgan fingerprint density at radius 1 is 1.29 bits per heavy atom. The Morgan fingerprint density at radius 3 is 2.88 bits per heavy atom. The van der Waals surface area contributed by atoms with Gasteiger partial charge in [-0.05, 0) is 29.8 Å². The lowest BCUT2D eigenvalue weighted by Gasteiger charge is -2.40. The van der Waals surface area contributed by atoms with E-state index in [9.17, 15) is 9.00 Å². The van der Waals surface area contributed by atoms with Gasteiger partial charge >= 0.3 is 0 Å². The summed E-state index contributed by atoms with van der Waals surface area (Å²) in [5.74, 6) is 1.18. The van der Waals surface area contributed by atoms with Crippen LogP contribution < -0.4 is 9.64 Å². The molecule has 1 aromatic heterocycles. The van der Waals surface area contributed by atoms with Gasteiger partial charge in [0.05, 0.1) is 27.7 Å². The van der Waals surface area contributed by atoms with Gasteiger partial charge in [0, 0.05) is 47.4 Å². The van der Waals surface area contributed by atoms with Gasteiger partial charge in [-0.1, -0.05) is 30.3 Å². The minimum absolute atomic E-state index is 0.0768. The van der Waals surface area contributed by atoms with Crippen LogP contribution in [0.3, 0.4) is 0 Å². The van der Waals surface area contributed by atoms with E-state index in [2.05, 4.69) is 25.8 Å². The van der Waals surface area contributed by atoms with E-state index >= 15 is 0 Å². The van der Waals surface area contributed by atoms with Crippen molar-refractivity contribution >= 4 is 49.6 Å². The fourth-order valence-corrected chi connectivity index (χ4v) is 5.42. The Morgan fingerprint density at radius 2 is 2.12 bits per heavy atom. The zero-order valence-corrected chi connectivity index (χ0v) is 20.5. The number of halogens is 1. The van der Waals surface area contributed by atoms with Crippen LogP contribution in [0, 0.1) is 0 Å². The largest absolute Gasteiger partial charge is 0.489 e. The summed E-state index contributed by atoms with van der Waals surface area (Å²) < 4.78 is 22.8. The Hall–Kier alpha value is -3.17. The van der Waals surface area contributed by atoms with Gasteiger partial charge < -0.3 is 14.5 Å². The molecule has 2 aliphatic heterocycles. The number of benzene rings is 2. The number of piperazine rings is 1. The number of nitrogens with zero attached hydrogens (tertiary/aromatic N) is 5. The van der Waals surface area contributed by atoms with Crippen LogP contribution in [0.4, 0.5) is 11.5 Å². The second kappa shape index (κ2) is 8.56. The lowest BCUT2D eigenvalue weighted by molar-refractivity contribution is -0.126. The number of carbonyl (C=O) groups is 1. The third-order valence-electron chi connectivity index (χ3n) is 5.94. The van der Waals surface area contributed by atoms with E-state index in [1.54, 1.807) is 17.4 Å². The summed E-state index contributed by atoms with van der Waals surface area (Å²) in [6, 6.07) is 9.29. The number of ether oxygens (including phenoxy) is 1. The van der Waals surface area contributed by atoms with Gasteiger partial charge in [-0.2, -0.15) is 4.36 Å². The maximum Gasteiger partial charge on any atom is 0.246 e. The van der Waals surface area contributed by atoms with Gasteiger partial charge in [0.1, 0.15) is 18.8 Å². The van der Waals surface area contributed by atoms with Crippen LogP contribution in [0.25, 0.3) is 22.0 Å². The van der Waals surface area contributed by atoms with Gasteiger partial charge in [0.15, 0.2) is 5.75 Å². The van der Waals surface area contributed by atoms with Crippen LogP contribution >= 0.6 is 11.6 Å². The Kier molecular flexibility index (Phi) is 5.69. The molecule has 0 N–H and O–H groups in total. The van der Waals surface area contributed by atoms with Crippen LogP contribution in [-0.4, -0.2) is 69.8 Å². The summed E-state index contributed by atoms with van der Waals surface area (Å²) >= 11 is 6.92. The van der Waals surface area contributed by atoms with E-state index in [-0.39, 0.29) is 11.9 Å². The maximum atomic E-state index is 12.2. The molecule has 10 heteroatoms. The summed E-state index contributed by atoms with van der Waals surface area (Å²) in [6.07, 6.45) is 6.07. The molecule has 1 saturated heterocycles. The number of fused-ring (bicyclic) bond motifs is 2. The van der Waals surface area contributed by atoms with Gasteiger partial charge in [0.2, 0.25) is 5.91 Å². The fraction of sp³-hybridized carbons (Fsp3) is 0.292. The van der Waals surface area contributed by atoms with Crippen LogP contribution in [0.1, 0.15) is 0 Å². The molecule has 5 rings (SSSR count). The lowest BCUT2D eigenvalue weighted by Crippen LogP contribution is -2.56. The summed E-state index contributed by atoms with van der Waals surface area (Å²) in [5, 5.41) is 1.21. The van der Waals surface area contributed by atoms with E-state index in [4.69, 9.17) is 16.3 Å². The second-order valence-electron chi connectivity index (χ2n) is 8.63. The molecule has 0 spiro atoms. The third-order valence-corrected chi connectivity index (χ3v) is 6.97. The highest BCUT2D eigenvalue weighted by atomic mass is 35.5. The van der Waals surface area contributed by atoms with Crippen molar-refractivity contribution in [3.63, 3.8) is 0 Å². The number of amides is 1. The SMILES string of the molecule is C=CC(=O)N1CCN2c3ncnc4cc(-c5cccc(N=S(C)(C)=O)c5)c(Cl)c(c34)OC[C@@H]2C1. The summed E-state index contributed by atoms with van der Waals surface area (Å²) in [5.41, 5.74) is 2.89. The van der Waals surface area contributed by atoms with Gasteiger partial charge in [-0.15, -0.1) is 0 Å². The number of carbonyl (C=O) groups excluding carboxylic acids is 1. The number of anilines is 1. The van der Waals surface area contributed by atoms with E-state index in [1.807, 2.05) is 30.3 Å². The van der Waals surface area contributed by atoms with Crippen molar-refractivity contribution in [2.45, 2.75) is 6.04 Å². The van der Waals surface area contributed by atoms with E-state index in [0.717, 1.165) is 22.3 Å². The predicted octanol–water partition coefficient (Wildman–Crippen LogP) is 3.90. The lowest BCUT2D eigenvalue weighted by atomic mass is 10.0. The first-order valence-electron chi connectivity index (χ1n) is 10.8. The van der Waals surface area contributed by atoms with Crippen molar-refractivity contribution in [1.82, 2.24) is 14.9 Å². The molecule has 3 aromatic rings. The molecule has 1 fully saturated rings. The zero-order chi connectivity index (χ0) is 24.0. The van der Waals surface area contributed by atoms with E-state index < -0.39 is 9.73 Å². The molecule has 1 atom stereocenters. The summed E-state index contributed by atoms with van der Waals surface area (Å²) in [6.45, 7) is 5.64. The average molecular weight is 498 g/mol. The molecular weight excluding hydrogens is 474 g/mol. The molecule has 0 aliphatic carbocycles. The third kappa shape index (κ3) is 4.10. The van der Waals surface area contributed by atoms with Crippen molar-refractivity contribution in [1.29, 1.82) is 0 Å². The molecular formula is C24H24ClN5O3S. The molecule has 8 nitrogen and oxygen atoms in total. The topological polar surface area (TPSA) is 88.0 Å². The number of hydrogen-bond acceptors (Lipinski definition) is 7. The molecule has 3 heterocycles. The first-order chi connectivity index (χ1) is 16.2. The molecule has 0 radical (unpaired) electrons. The highest BCUT2D eigenvalue weighted by Crippen LogP contribution is 2.46. The minimum Gasteiger partial charge on any atom is -0.489 e. The molecule has 0 bridgehead atoms. The van der Waals surface area contributed by atoms with Crippen LogP contribution in [0.2, 0.25) is 5.02 Å². The normalized spacial score (nSPS) is 17.6. The monoisotopic (exact) mass is 497 g/mol. The molecule has 1 amide bonds. The first kappa shape index (κ1) is 22.6. The second-order valence-corrected chi connectivity index (χ2v) is 11.6. The molecule has 0 unspecified atom stereocenters. The first-order valence-corrected chi connectivity index (χ1v) is 13.5. The summed E-state index contributed by atoms with van der Waals surface area (Å²) in [7, 11) is -2.30. The highest BCUT2D eigenvalue weighted by molar-refractivity contribution is 7.92. The van der Waals surface area contributed by atoms with E-state index in [0.29, 0.717) is 48.2 Å². The van der Waals surface area contributed by atoms with Gasteiger partial charge in [-0.25, -0.2) is 14.2 Å². The van der Waals surface area contributed by atoms with Crippen molar-refractivity contribution in [3.05, 3.63) is 54.3 Å². The van der Waals surface area contributed by atoms with E-state index in [1.165, 1.54) is 12.4 Å². The van der Waals surface area contributed by atoms with Gasteiger partial charge in [0.25, 0.3) is 0 Å². The Labute approximate surface area is 203 Å². The predicted molar refractivity (Wildman–Crippen MR) is 135 cm³/mol. The van der Waals surface area contributed by atoms with Crippen LogP contribution in [0.5, 0.6) is 5.75 Å². The van der Waals surface area contributed by atoms with Crippen LogP contribution in [0.15, 0.2) is 53.7 Å². The molecule has 176 valence electrons. The quantitative estimate of drug-likeness (QED) is 0.510. The smallest absolute Gasteiger partial charge is 0.246 e. The number of aromatic nitrogens is 2. The number of hydrogen-bond donors (Lipinski definition) is 0. The highest BCUT2D eigenvalue weighted by Gasteiger charge is 2.35.